The molecule has 2 aliphatic heterocycles. The van der Waals surface area contributed by atoms with Crippen LogP contribution in [0.4, 0.5) is 0 Å². The molecule has 1 unspecified atom stereocenters. The fourth-order valence-corrected chi connectivity index (χ4v) is 3.04. The van der Waals surface area contributed by atoms with Crippen molar-refractivity contribution in [2.75, 3.05) is 32.7 Å². The normalized spacial score (nSPS) is 27.5. The third-order valence-electron chi connectivity index (χ3n) is 3.94. The van der Waals surface area contributed by atoms with E-state index in [-0.39, 0.29) is 24.4 Å². The van der Waals surface area contributed by atoms with Crippen molar-refractivity contribution in [1.82, 2.24) is 15.5 Å². The van der Waals surface area contributed by atoms with Gasteiger partial charge in [-0.2, -0.15) is 0 Å². The van der Waals surface area contributed by atoms with E-state index in [1.165, 1.54) is 19.5 Å². The van der Waals surface area contributed by atoms with E-state index in [0.717, 1.165) is 38.4 Å². The smallest absolute Gasteiger partial charge is 0.237 e. The first-order valence-corrected chi connectivity index (χ1v) is 7.38. The lowest BCUT2D eigenvalue weighted by atomic mass is 10.1. The van der Waals surface area contributed by atoms with E-state index in [0.29, 0.717) is 5.92 Å². The molecule has 2 heterocycles. The molecule has 2 atom stereocenters. The van der Waals surface area contributed by atoms with Crippen LogP contribution in [0.5, 0.6) is 0 Å². The van der Waals surface area contributed by atoms with E-state index in [1.807, 2.05) is 0 Å². The van der Waals surface area contributed by atoms with Gasteiger partial charge in [0.15, 0.2) is 0 Å². The maximum Gasteiger partial charge on any atom is 0.237 e. The van der Waals surface area contributed by atoms with Gasteiger partial charge in [-0.15, -0.1) is 12.4 Å². The molecule has 1 amide bonds. The average molecular weight is 290 g/mol. The van der Waals surface area contributed by atoms with Crippen LogP contribution >= 0.6 is 12.4 Å². The Kier molecular flexibility index (Phi) is 7.11. The van der Waals surface area contributed by atoms with Crippen LogP contribution in [0.3, 0.4) is 0 Å². The maximum absolute atomic E-state index is 11.9. The molecule has 19 heavy (non-hydrogen) atoms. The van der Waals surface area contributed by atoms with Crippen molar-refractivity contribution in [3.63, 3.8) is 0 Å². The van der Waals surface area contributed by atoms with Gasteiger partial charge in [-0.05, 0) is 44.2 Å². The van der Waals surface area contributed by atoms with E-state index in [2.05, 4.69) is 29.4 Å². The summed E-state index contributed by atoms with van der Waals surface area (Å²) in [4.78, 5) is 14.4. The van der Waals surface area contributed by atoms with E-state index in [9.17, 15) is 4.79 Å². The lowest BCUT2D eigenvalue weighted by Gasteiger charge is -2.18. The van der Waals surface area contributed by atoms with Crippen LogP contribution in [0, 0.1) is 11.8 Å². The lowest BCUT2D eigenvalue weighted by molar-refractivity contribution is -0.122. The first-order chi connectivity index (χ1) is 8.65. The van der Waals surface area contributed by atoms with Crippen LogP contribution in [0.2, 0.25) is 0 Å². The van der Waals surface area contributed by atoms with Crippen LogP contribution in [0.25, 0.3) is 0 Å². The van der Waals surface area contributed by atoms with Crippen LogP contribution in [0.1, 0.15) is 33.1 Å². The predicted octanol–water partition coefficient (Wildman–Crippen LogP) is 1.25. The molecule has 2 saturated heterocycles. The van der Waals surface area contributed by atoms with Gasteiger partial charge in [-0.1, -0.05) is 13.8 Å². The third-order valence-corrected chi connectivity index (χ3v) is 3.94. The van der Waals surface area contributed by atoms with Crippen molar-refractivity contribution in [3.8, 4) is 0 Å². The summed E-state index contributed by atoms with van der Waals surface area (Å²) in [6, 6.07) is 0.0678. The van der Waals surface area contributed by atoms with Crippen LogP contribution in [-0.2, 0) is 4.79 Å². The molecule has 2 rings (SSSR count). The van der Waals surface area contributed by atoms with Crippen LogP contribution in [-0.4, -0.2) is 49.6 Å². The van der Waals surface area contributed by atoms with Gasteiger partial charge in [0.1, 0.15) is 0 Å². The summed E-state index contributed by atoms with van der Waals surface area (Å²) in [6.45, 7) is 9.91. The van der Waals surface area contributed by atoms with Gasteiger partial charge in [-0.25, -0.2) is 0 Å². The standard InChI is InChI=1S/C14H27N3O.ClH/c1-11(2)9-17-7-5-12(10-17)8-16-14(18)13-4-3-6-15-13;/h11-13,15H,3-10H2,1-2H3,(H,16,18);1H/t12?,13-;/m0./s1. The molecule has 0 bridgehead atoms. The molecule has 5 heteroatoms. The third kappa shape index (κ3) is 5.28. The minimum Gasteiger partial charge on any atom is -0.354 e. The summed E-state index contributed by atoms with van der Waals surface area (Å²) in [6.07, 6.45) is 3.35. The Hall–Kier alpha value is -0.320. The molecule has 2 N–H and O–H groups in total. The fourth-order valence-electron chi connectivity index (χ4n) is 3.04. The van der Waals surface area contributed by atoms with Crippen LogP contribution < -0.4 is 10.6 Å². The number of nitrogens with one attached hydrogen (secondary N) is 2. The Labute approximate surface area is 123 Å². The van der Waals surface area contributed by atoms with Gasteiger partial charge < -0.3 is 15.5 Å². The molecule has 0 spiro atoms. The van der Waals surface area contributed by atoms with Crippen molar-refractivity contribution < 1.29 is 4.79 Å². The summed E-state index contributed by atoms with van der Waals surface area (Å²) in [5.74, 6) is 1.59. The molecular formula is C14H28ClN3O. The molecule has 2 fully saturated rings. The van der Waals surface area contributed by atoms with Crippen LogP contribution in [0.15, 0.2) is 0 Å². The zero-order valence-corrected chi connectivity index (χ0v) is 13.0. The van der Waals surface area contributed by atoms with E-state index in [1.54, 1.807) is 0 Å². The van der Waals surface area contributed by atoms with E-state index >= 15 is 0 Å². The number of nitrogens with zero attached hydrogens (tertiary/aromatic N) is 1. The molecule has 0 aliphatic carbocycles. The highest BCUT2D eigenvalue weighted by atomic mass is 35.5. The number of carbonyl (C=O) groups excluding carboxylic acids is 1. The number of hydrogen-bond acceptors (Lipinski definition) is 3. The Balaban J connectivity index is 0.00000180. The summed E-state index contributed by atoms with van der Waals surface area (Å²) in [5, 5.41) is 6.36. The Morgan fingerprint density at radius 2 is 2.21 bits per heavy atom. The number of likely N-dealkylation sites (tertiary alicyclic amines) is 1. The first-order valence-electron chi connectivity index (χ1n) is 7.38. The Morgan fingerprint density at radius 3 is 2.84 bits per heavy atom. The molecule has 0 aromatic carbocycles. The zero-order chi connectivity index (χ0) is 13.0. The second-order valence-electron chi connectivity index (χ2n) is 6.20. The summed E-state index contributed by atoms with van der Waals surface area (Å²) in [5.41, 5.74) is 0. The highest BCUT2D eigenvalue weighted by Crippen LogP contribution is 2.16. The van der Waals surface area contributed by atoms with Gasteiger partial charge in [0.05, 0.1) is 6.04 Å². The first kappa shape index (κ1) is 16.7. The highest BCUT2D eigenvalue weighted by molar-refractivity contribution is 5.85. The number of halogens is 1. The average Bonchev–Trinajstić information content (AvgIpc) is 2.95. The molecule has 0 aromatic heterocycles. The molecule has 4 nitrogen and oxygen atoms in total. The molecule has 2 aliphatic rings. The van der Waals surface area contributed by atoms with Gasteiger partial charge in [0.25, 0.3) is 0 Å². The SMILES string of the molecule is CC(C)CN1CCC(CNC(=O)[C@@H]2CCCN2)C1.Cl. The van der Waals surface area contributed by atoms with Crippen molar-refractivity contribution >= 4 is 18.3 Å². The minimum absolute atomic E-state index is 0. The Bertz CT molecular complexity index is 280. The lowest BCUT2D eigenvalue weighted by Crippen LogP contribution is -2.42. The van der Waals surface area contributed by atoms with Crippen molar-refractivity contribution in [2.45, 2.75) is 39.2 Å². The van der Waals surface area contributed by atoms with Gasteiger partial charge in [-0.3, -0.25) is 4.79 Å². The Morgan fingerprint density at radius 1 is 1.42 bits per heavy atom. The maximum atomic E-state index is 11.9. The molecule has 0 radical (unpaired) electrons. The van der Waals surface area contributed by atoms with Crippen molar-refractivity contribution in [1.29, 1.82) is 0 Å². The van der Waals surface area contributed by atoms with E-state index < -0.39 is 0 Å². The van der Waals surface area contributed by atoms with Gasteiger partial charge in [0.2, 0.25) is 5.91 Å². The number of carbonyl (C=O) groups is 1. The second kappa shape index (κ2) is 8.08. The predicted molar refractivity (Wildman–Crippen MR) is 80.7 cm³/mol. The number of hydrogen-bond donors (Lipinski definition) is 2. The topological polar surface area (TPSA) is 44.4 Å². The minimum atomic E-state index is 0. The summed E-state index contributed by atoms with van der Waals surface area (Å²) >= 11 is 0. The molecule has 0 saturated carbocycles. The summed E-state index contributed by atoms with van der Waals surface area (Å²) in [7, 11) is 0. The molecule has 112 valence electrons. The highest BCUT2D eigenvalue weighted by Gasteiger charge is 2.25. The number of rotatable bonds is 5. The van der Waals surface area contributed by atoms with Gasteiger partial charge in [0, 0.05) is 19.6 Å². The molecular weight excluding hydrogens is 262 g/mol. The fraction of sp³-hybridized carbons (Fsp3) is 0.929. The monoisotopic (exact) mass is 289 g/mol. The van der Waals surface area contributed by atoms with Crippen molar-refractivity contribution in [3.05, 3.63) is 0 Å². The van der Waals surface area contributed by atoms with Crippen molar-refractivity contribution in [2.24, 2.45) is 11.8 Å². The summed E-state index contributed by atoms with van der Waals surface area (Å²) < 4.78 is 0. The largest absolute Gasteiger partial charge is 0.354 e. The van der Waals surface area contributed by atoms with E-state index in [4.69, 9.17) is 0 Å². The quantitative estimate of drug-likeness (QED) is 0.801. The zero-order valence-electron chi connectivity index (χ0n) is 12.2. The number of amides is 1. The molecule has 0 aromatic rings. The van der Waals surface area contributed by atoms with Gasteiger partial charge >= 0.3 is 0 Å². The second-order valence-corrected chi connectivity index (χ2v) is 6.20.